The van der Waals surface area contributed by atoms with Gasteiger partial charge >= 0.3 is 6.09 Å². The number of hydrogen-bond donors (Lipinski definition) is 3. The normalized spacial score (nSPS) is 28.0. The molecule has 2 aromatic carbocycles. The van der Waals surface area contributed by atoms with Crippen LogP contribution in [-0.4, -0.2) is 73.4 Å². The van der Waals surface area contributed by atoms with E-state index in [1.807, 2.05) is 6.92 Å². The van der Waals surface area contributed by atoms with Crippen LogP contribution >= 0.6 is 11.6 Å². The van der Waals surface area contributed by atoms with Crippen molar-refractivity contribution in [3.63, 3.8) is 0 Å². The van der Waals surface area contributed by atoms with Gasteiger partial charge in [-0.3, -0.25) is 14.5 Å². The lowest BCUT2D eigenvalue weighted by Gasteiger charge is -2.43. The van der Waals surface area contributed by atoms with Crippen molar-refractivity contribution in [1.29, 1.82) is 0 Å². The molecule has 3 fully saturated rings. The number of sulfone groups is 1. The molecule has 14 heteroatoms. The monoisotopic (exact) mass is 653 g/mol. The number of amides is 3. The van der Waals surface area contributed by atoms with Gasteiger partial charge in [-0.1, -0.05) is 18.5 Å². The number of aliphatic hydroxyl groups is 1. The summed E-state index contributed by atoms with van der Waals surface area (Å²) in [5.41, 5.74) is -1.40. The summed E-state index contributed by atoms with van der Waals surface area (Å²) < 4.78 is 59.5. The fraction of sp³-hybridized carbons (Fsp3) is 0.500. The zero-order valence-corrected chi connectivity index (χ0v) is 25.8. The fourth-order valence-electron chi connectivity index (χ4n) is 7.12. The summed E-state index contributed by atoms with van der Waals surface area (Å²) in [6.07, 6.45) is 1.33. The molecule has 0 spiro atoms. The van der Waals surface area contributed by atoms with Crippen LogP contribution in [0, 0.1) is 29.4 Å². The van der Waals surface area contributed by atoms with E-state index in [1.165, 1.54) is 30.2 Å². The fourth-order valence-corrected chi connectivity index (χ4v) is 9.49. The molecule has 2 bridgehead atoms. The van der Waals surface area contributed by atoms with Gasteiger partial charge in [0.2, 0.25) is 5.91 Å². The minimum Gasteiger partial charge on any atom is -0.453 e. The molecule has 2 aliphatic carbocycles. The average molecular weight is 654 g/mol. The third kappa shape index (κ3) is 5.89. The second-order valence-corrected chi connectivity index (χ2v) is 14.5. The topological polar surface area (TPSA) is 142 Å². The Bertz CT molecular complexity index is 1590. The zero-order chi connectivity index (χ0) is 32.0. The Morgan fingerprint density at radius 1 is 1.11 bits per heavy atom. The van der Waals surface area contributed by atoms with E-state index in [2.05, 4.69) is 10.6 Å². The molecule has 10 nitrogen and oxygen atoms in total. The van der Waals surface area contributed by atoms with Gasteiger partial charge in [0.25, 0.3) is 5.91 Å². The van der Waals surface area contributed by atoms with Crippen LogP contribution in [0.15, 0.2) is 41.3 Å². The number of likely N-dealkylation sites (tertiary alicyclic amines) is 1. The van der Waals surface area contributed by atoms with E-state index in [-0.39, 0.29) is 46.5 Å². The molecule has 3 aliphatic rings. The highest BCUT2D eigenvalue weighted by Crippen LogP contribution is 2.54. The van der Waals surface area contributed by atoms with Crippen molar-refractivity contribution < 1.29 is 41.4 Å². The van der Waals surface area contributed by atoms with Crippen molar-refractivity contribution in [3.8, 4) is 0 Å². The van der Waals surface area contributed by atoms with Crippen molar-refractivity contribution in [1.82, 2.24) is 10.2 Å². The zero-order valence-electron chi connectivity index (χ0n) is 24.2. The number of halogens is 3. The van der Waals surface area contributed by atoms with Crippen molar-refractivity contribution in [3.05, 3.63) is 58.6 Å². The molecule has 2 aromatic rings. The highest BCUT2D eigenvalue weighted by molar-refractivity contribution is 7.92. The number of fused-ring (bicyclic) bond motifs is 2. The maximum absolute atomic E-state index is 13.9. The second-order valence-electron chi connectivity index (χ2n) is 11.9. The molecule has 2 saturated carbocycles. The van der Waals surface area contributed by atoms with Crippen LogP contribution in [0.2, 0.25) is 5.02 Å². The van der Waals surface area contributed by atoms with E-state index in [9.17, 15) is 36.7 Å². The molecule has 1 unspecified atom stereocenters. The van der Waals surface area contributed by atoms with E-state index >= 15 is 0 Å². The van der Waals surface area contributed by atoms with E-state index in [0.29, 0.717) is 25.8 Å². The molecule has 3 amide bonds. The Labute approximate surface area is 259 Å². The van der Waals surface area contributed by atoms with Crippen LogP contribution in [0.3, 0.4) is 0 Å². The first-order valence-corrected chi connectivity index (χ1v) is 16.3. The van der Waals surface area contributed by atoms with E-state index < -0.39 is 68.1 Å². The second kappa shape index (κ2) is 12.2. The summed E-state index contributed by atoms with van der Waals surface area (Å²) in [7, 11) is -2.83. The summed E-state index contributed by atoms with van der Waals surface area (Å²) in [5, 5.41) is 16.1. The van der Waals surface area contributed by atoms with Crippen molar-refractivity contribution in [2.45, 2.75) is 60.8 Å². The number of nitrogens with one attached hydrogen (secondary N) is 2. The van der Waals surface area contributed by atoms with Gasteiger partial charge in [-0.25, -0.2) is 22.0 Å². The van der Waals surface area contributed by atoms with Crippen molar-refractivity contribution in [2.24, 2.45) is 17.8 Å². The lowest BCUT2D eigenvalue weighted by Crippen LogP contribution is -2.57. The van der Waals surface area contributed by atoms with Gasteiger partial charge in [-0.15, -0.1) is 0 Å². The molecule has 0 radical (unpaired) electrons. The molecule has 238 valence electrons. The molecular formula is C30H34ClF2N3O7S. The number of anilines is 1. The minimum atomic E-state index is -4.08. The Morgan fingerprint density at radius 2 is 1.86 bits per heavy atom. The molecule has 1 saturated heterocycles. The van der Waals surface area contributed by atoms with E-state index in [0.717, 1.165) is 18.2 Å². The Balaban J connectivity index is 1.31. The Kier molecular flexibility index (Phi) is 8.94. The van der Waals surface area contributed by atoms with Crippen LogP contribution in [0.1, 0.15) is 49.4 Å². The quantitative estimate of drug-likeness (QED) is 0.408. The average Bonchev–Trinajstić information content (AvgIpc) is 3.50. The number of benzene rings is 2. The first-order chi connectivity index (χ1) is 20.8. The van der Waals surface area contributed by atoms with Gasteiger partial charge in [0.05, 0.1) is 27.9 Å². The Morgan fingerprint density at radius 3 is 2.55 bits per heavy atom. The van der Waals surface area contributed by atoms with Crippen LogP contribution in [0.25, 0.3) is 0 Å². The van der Waals surface area contributed by atoms with E-state index in [4.69, 9.17) is 16.3 Å². The summed E-state index contributed by atoms with van der Waals surface area (Å²) in [4.78, 5) is 39.0. The third-order valence-electron chi connectivity index (χ3n) is 9.38. The van der Waals surface area contributed by atoms with Crippen LogP contribution < -0.4 is 10.6 Å². The number of carbonyl (C=O) groups is 3. The van der Waals surface area contributed by atoms with Crippen molar-refractivity contribution >= 4 is 45.0 Å². The lowest BCUT2D eigenvalue weighted by atomic mass is 9.73. The first kappa shape index (κ1) is 32.1. The number of methoxy groups -OCH3 is 1. The third-order valence-corrected chi connectivity index (χ3v) is 12.0. The van der Waals surface area contributed by atoms with E-state index in [1.54, 1.807) is 0 Å². The predicted molar refractivity (Wildman–Crippen MR) is 157 cm³/mol. The van der Waals surface area contributed by atoms with Gasteiger partial charge in [0, 0.05) is 30.4 Å². The maximum Gasteiger partial charge on any atom is 0.410 e. The van der Waals surface area contributed by atoms with Gasteiger partial charge in [-0.2, -0.15) is 0 Å². The SMILES string of the molecule is COC(=O)N1CCC[C@H]1C(=O)NC[C@]1(O)C2C[C@H](S(=O)(=O)c3cc(C(=O)Nc4ccc(F)c(F)c4)ccc3Cl)C[C@H]1[C@H](C)C2. The maximum atomic E-state index is 13.9. The number of rotatable bonds is 7. The van der Waals surface area contributed by atoms with Gasteiger partial charge in [0.15, 0.2) is 21.5 Å². The molecule has 1 heterocycles. The van der Waals surface area contributed by atoms with Crippen LogP contribution in [-0.2, 0) is 19.4 Å². The number of nitrogens with zero attached hydrogens (tertiary/aromatic N) is 1. The lowest BCUT2D eigenvalue weighted by molar-refractivity contribution is -0.128. The molecule has 3 N–H and O–H groups in total. The number of carbonyl (C=O) groups excluding carboxylic acids is 3. The van der Waals surface area contributed by atoms with Crippen molar-refractivity contribution in [2.75, 3.05) is 25.5 Å². The predicted octanol–water partition coefficient (Wildman–Crippen LogP) is 4.16. The summed E-state index contributed by atoms with van der Waals surface area (Å²) in [6.45, 7) is 2.26. The Hall–Kier alpha value is -3.29. The smallest absolute Gasteiger partial charge is 0.410 e. The largest absolute Gasteiger partial charge is 0.453 e. The molecule has 1 aliphatic heterocycles. The van der Waals surface area contributed by atoms with Gasteiger partial charge in [-0.05, 0) is 80.2 Å². The highest BCUT2D eigenvalue weighted by Gasteiger charge is 2.58. The molecule has 0 aromatic heterocycles. The van der Waals surface area contributed by atoms with Gasteiger partial charge < -0.3 is 20.5 Å². The molecular weight excluding hydrogens is 620 g/mol. The minimum absolute atomic E-state index is 0.0107. The van der Waals surface area contributed by atoms with Crippen LogP contribution in [0.4, 0.5) is 19.3 Å². The highest BCUT2D eigenvalue weighted by atomic mass is 35.5. The molecule has 5 rings (SSSR count). The standard InChI is InChI=1S/C30H34ClF2N3O7S/c1-16-10-18-12-20(14-21(16)30(18,40)15-34-28(38)25-4-3-9-36(25)29(39)43-2)44(41,42)26-11-17(5-7-22(26)31)27(37)35-19-6-8-23(32)24(33)13-19/h5-8,11,13,16,18,20-21,25,40H,3-4,9-10,12,14-15H2,1-2H3,(H,34,38)(H,35,37)/t16-,18?,20+,21+,25+,30+/m1/s1. The molecule has 6 atom stereocenters. The summed E-state index contributed by atoms with van der Waals surface area (Å²) in [6, 6.07) is 5.93. The first-order valence-electron chi connectivity index (χ1n) is 14.4. The van der Waals surface area contributed by atoms with Crippen LogP contribution in [0.5, 0.6) is 0 Å². The number of ether oxygens (including phenoxy) is 1. The summed E-state index contributed by atoms with van der Waals surface area (Å²) in [5.74, 6) is -4.26. The number of hydrogen-bond acceptors (Lipinski definition) is 7. The summed E-state index contributed by atoms with van der Waals surface area (Å²) >= 11 is 6.33. The molecule has 44 heavy (non-hydrogen) atoms. The van der Waals surface area contributed by atoms with Gasteiger partial charge in [0.1, 0.15) is 6.04 Å².